The molecule has 0 unspecified atom stereocenters. The van der Waals surface area contributed by atoms with Crippen molar-refractivity contribution in [1.82, 2.24) is 4.90 Å². The van der Waals surface area contributed by atoms with Crippen LogP contribution in [0, 0.1) is 0 Å². The highest BCUT2D eigenvalue weighted by Gasteiger charge is 2.49. The molecule has 6 heteroatoms. The second kappa shape index (κ2) is 13.9. The largest absolute Gasteiger partial charge is 0.497 e. The van der Waals surface area contributed by atoms with Crippen molar-refractivity contribution in [2.45, 2.75) is 44.6 Å². The van der Waals surface area contributed by atoms with Gasteiger partial charge >= 0.3 is 0 Å². The van der Waals surface area contributed by atoms with Crippen molar-refractivity contribution in [1.29, 1.82) is 0 Å². The normalized spacial score (nSPS) is 18.7. The maximum Gasteiger partial charge on any atom is 0.255 e. The van der Waals surface area contributed by atoms with Crippen LogP contribution in [0.25, 0.3) is 0 Å². The number of ether oxygens (including phenoxy) is 4. The quantitative estimate of drug-likeness (QED) is 0.216. The number of nitrogens with zero attached hydrogens (tertiary/aromatic N) is 1. The van der Waals surface area contributed by atoms with Crippen LogP contribution in [-0.2, 0) is 45.4 Å². The molecule has 0 aliphatic carbocycles. The average Bonchev–Trinajstić information content (AvgIpc) is 3.26. The Morgan fingerprint density at radius 1 is 0.625 bits per heavy atom. The second-order valence-corrected chi connectivity index (χ2v) is 9.86. The van der Waals surface area contributed by atoms with E-state index < -0.39 is 12.2 Å². The highest BCUT2D eigenvalue weighted by Crippen LogP contribution is 2.30. The smallest absolute Gasteiger partial charge is 0.255 e. The number of methoxy groups -OCH3 is 1. The second-order valence-electron chi connectivity index (χ2n) is 9.86. The summed E-state index contributed by atoms with van der Waals surface area (Å²) in [5.74, 6) is 0.672. The van der Waals surface area contributed by atoms with Crippen molar-refractivity contribution >= 4 is 5.91 Å². The molecule has 1 fully saturated rings. The Labute approximate surface area is 236 Å². The third-order valence-corrected chi connectivity index (χ3v) is 7.07. The zero-order valence-electron chi connectivity index (χ0n) is 22.7. The molecule has 4 aromatic carbocycles. The number of likely N-dealkylation sites (tertiary alicyclic amines) is 1. The van der Waals surface area contributed by atoms with Crippen LogP contribution < -0.4 is 4.74 Å². The lowest BCUT2D eigenvalue weighted by molar-refractivity contribution is -0.142. The fourth-order valence-electron chi connectivity index (χ4n) is 4.92. The van der Waals surface area contributed by atoms with Gasteiger partial charge in [-0.2, -0.15) is 0 Å². The molecule has 0 spiro atoms. The van der Waals surface area contributed by atoms with Crippen LogP contribution in [-0.4, -0.2) is 42.8 Å². The fourth-order valence-corrected chi connectivity index (χ4v) is 4.92. The van der Waals surface area contributed by atoms with Crippen molar-refractivity contribution in [3.8, 4) is 5.75 Å². The minimum atomic E-state index is -0.757. The Morgan fingerprint density at radius 2 is 1.15 bits per heavy atom. The van der Waals surface area contributed by atoms with E-state index in [1.54, 1.807) is 7.11 Å². The van der Waals surface area contributed by atoms with E-state index in [1.165, 1.54) is 0 Å². The van der Waals surface area contributed by atoms with Crippen LogP contribution in [0.15, 0.2) is 115 Å². The van der Waals surface area contributed by atoms with Gasteiger partial charge in [-0.1, -0.05) is 103 Å². The molecular formula is C34H35NO5. The number of benzene rings is 4. The van der Waals surface area contributed by atoms with Gasteiger partial charge in [0.2, 0.25) is 0 Å². The molecule has 0 aromatic heterocycles. The summed E-state index contributed by atoms with van der Waals surface area (Å²) in [5.41, 5.74) is 4.11. The molecule has 1 aliphatic heterocycles. The number of amides is 1. The van der Waals surface area contributed by atoms with Crippen molar-refractivity contribution in [2.75, 3.05) is 13.7 Å². The minimum Gasteiger partial charge on any atom is -0.497 e. The molecule has 40 heavy (non-hydrogen) atoms. The van der Waals surface area contributed by atoms with E-state index >= 15 is 0 Å². The maximum absolute atomic E-state index is 14.0. The first kappa shape index (κ1) is 27.6. The van der Waals surface area contributed by atoms with Crippen LogP contribution in [0.3, 0.4) is 0 Å². The van der Waals surface area contributed by atoms with Crippen molar-refractivity contribution in [2.24, 2.45) is 0 Å². The molecule has 0 bridgehead atoms. The van der Waals surface area contributed by atoms with Gasteiger partial charge in [-0.05, 0) is 34.4 Å². The molecule has 6 nitrogen and oxygen atoms in total. The molecule has 4 aromatic rings. The Bertz CT molecular complexity index is 1320. The van der Waals surface area contributed by atoms with Gasteiger partial charge in [-0.3, -0.25) is 4.79 Å². The predicted octanol–water partition coefficient (Wildman–Crippen LogP) is 5.79. The Morgan fingerprint density at radius 3 is 1.70 bits per heavy atom. The molecule has 0 radical (unpaired) electrons. The van der Waals surface area contributed by atoms with Crippen molar-refractivity contribution in [3.63, 3.8) is 0 Å². The van der Waals surface area contributed by atoms with Crippen LogP contribution >= 0.6 is 0 Å². The Hall–Kier alpha value is -3.97. The van der Waals surface area contributed by atoms with Gasteiger partial charge in [0.25, 0.3) is 5.91 Å². The van der Waals surface area contributed by atoms with E-state index in [0.29, 0.717) is 33.0 Å². The summed E-state index contributed by atoms with van der Waals surface area (Å²) in [4.78, 5) is 15.8. The van der Waals surface area contributed by atoms with Gasteiger partial charge < -0.3 is 23.8 Å². The molecule has 1 heterocycles. The highest BCUT2D eigenvalue weighted by atomic mass is 16.6. The number of hydrogen-bond acceptors (Lipinski definition) is 5. The van der Waals surface area contributed by atoms with E-state index in [4.69, 9.17) is 18.9 Å². The lowest BCUT2D eigenvalue weighted by Crippen LogP contribution is -2.41. The lowest BCUT2D eigenvalue weighted by Gasteiger charge is -2.28. The predicted molar refractivity (Wildman–Crippen MR) is 153 cm³/mol. The summed E-state index contributed by atoms with van der Waals surface area (Å²) in [6.45, 7) is 1.87. The first-order chi connectivity index (χ1) is 19.7. The van der Waals surface area contributed by atoms with E-state index in [2.05, 4.69) is 0 Å². The van der Waals surface area contributed by atoms with Gasteiger partial charge in [-0.25, -0.2) is 0 Å². The first-order valence-corrected chi connectivity index (χ1v) is 13.6. The average molecular weight is 538 g/mol. The van der Waals surface area contributed by atoms with E-state index in [1.807, 2.05) is 120 Å². The fraction of sp³-hybridized carbons (Fsp3) is 0.265. The van der Waals surface area contributed by atoms with Crippen LogP contribution in [0.4, 0.5) is 0 Å². The SMILES string of the molecule is COc1ccc(CN2C(=O)[C@H](OCc3ccccc3)[C@@H](OCc3ccccc3)[C@H]2COCc2ccccc2)cc1. The third-order valence-electron chi connectivity index (χ3n) is 7.07. The molecule has 1 aliphatic rings. The summed E-state index contributed by atoms with van der Waals surface area (Å²) in [7, 11) is 1.64. The summed E-state index contributed by atoms with van der Waals surface area (Å²) in [6.07, 6.45) is -1.27. The number of carbonyl (C=O) groups is 1. The van der Waals surface area contributed by atoms with Gasteiger partial charge in [0.15, 0.2) is 6.10 Å². The Kier molecular flexibility index (Phi) is 9.59. The summed E-state index contributed by atoms with van der Waals surface area (Å²) < 4.78 is 24.3. The number of carbonyl (C=O) groups excluding carboxylic acids is 1. The van der Waals surface area contributed by atoms with E-state index in [9.17, 15) is 4.79 Å². The summed E-state index contributed by atoms with van der Waals surface area (Å²) in [6, 6.07) is 37.3. The maximum atomic E-state index is 14.0. The van der Waals surface area contributed by atoms with E-state index in [-0.39, 0.29) is 11.9 Å². The summed E-state index contributed by atoms with van der Waals surface area (Å²) in [5, 5.41) is 0. The van der Waals surface area contributed by atoms with E-state index in [0.717, 1.165) is 28.0 Å². The highest BCUT2D eigenvalue weighted by molar-refractivity contribution is 5.85. The van der Waals surface area contributed by atoms with Gasteiger partial charge in [0, 0.05) is 6.54 Å². The minimum absolute atomic E-state index is 0.0990. The van der Waals surface area contributed by atoms with Crippen molar-refractivity contribution < 1.29 is 23.7 Å². The van der Waals surface area contributed by atoms with Crippen LogP contribution in [0.5, 0.6) is 5.75 Å². The molecule has 206 valence electrons. The molecule has 0 saturated carbocycles. The van der Waals surface area contributed by atoms with Gasteiger partial charge in [0.05, 0.1) is 39.6 Å². The molecule has 3 atom stereocenters. The lowest BCUT2D eigenvalue weighted by atomic mass is 10.1. The first-order valence-electron chi connectivity index (χ1n) is 13.6. The standard InChI is InChI=1S/C34H35NO5/c1-37-30-19-17-26(18-20-30)21-35-31(25-38-22-27-11-5-2-6-12-27)32(39-23-28-13-7-3-8-14-28)33(34(35)36)40-24-29-15-9-4-10-16-29/h2-20,31-33H,21-25H2,1H3/t31-,32+,33-/m1/s1. The van der Waals surface area contributed by atoms with Gasteiger partial charge in [0.1, 0.15) is 11.9 Å². The molecule has 1 saturated heterocycles. The van der Waals surface area contributed by atoms with Crippen LogP contribution in [0.1, 0.15) is 22.3 Å². The number of rotatable bonds is 13. The van der Waals surface area contributed by atoms with Crippen LogP contribution in [0.2, 0.25) is 0 Å². The topological polar surface area (TPSA) is 57.2 Å². The molecule has 1 amide bonds. The molecule has 0 N–H and O–H groups in total. The molecular weight excluding hydrogens is 502 g/mol. The van der Waals surface area contributed by atoms with Gasteiger partial charge in [-0.15, -0.1) is 0 Å². The number of hydrogen-bond donors (Lipinski definition) is 0. The zero-order chi connectivity index (χ0) is 27.6. The monoisotopic (exact) mass is 537 g/mol. The Balaban J connectivity index is 1.39. The summed E-state index contributed by atoms with van der Waals surface area (Å²) >= 11 is 0. The van der Waals surface area contributed by atoms with Crippen molar-refractivity contribution in [3.05, 3.63) is 138 Å². The third kappa shape index (κ3) is 7.16. The molecule has 5 rings (SSSR count). The zero-order valence-corrected chi connectivity index (χ0v) is 22.7.